The maximum absolute atomic E-state index is 13.8. The van der Waals surface area contributed by atoms with E-state index in [1.807, 2.05) is 13.0 Å². The van der Waals surface area contributed by atoms with E-state index >= 15 is 0 Å². The van der Waals surface area contributed by atoms with Gasteiger partial charge in [0.1, 0.15) is 5.82 Å². The fourth-order valence-electron chi connectivity index (χ4n) is 1.60. The molecule has 1 atom stereocenters. The van der Waals surface area contributed by atoms with Crippen LogP contribution in [-0.4, -0.2) is 23.0 Å². The summed E-state index contributed by atoms with van der Waals surface area (Å²) in [5.74, 6) is -0.189. The first-order valence-electron chi connectivity index (χ1n) is 5.99. The zero-order chi connectivity index (χ0) is 12.3. The lowest BCUT2D eigenvalue weighted by Crippen LogP contribution is -2.16. The molecule has 1 aromatic rings. The van der Waals surface area contributed by atoms with E-state index in [4.69, 9.17) is 5.11 Å². The van der Waals surface area contributed by atoms with Crippen molar-refractivity contribution in [1.29, 1.82) is 0 Å². The van der Waals surface area contributed by atoms with Crippen molar-refractivity contribution >= 4 is 11.8 Å². The predicted molar refractivity (Wildman–Crippen MR) is 68.7 cm³/mol. The summed E-state index contributed by atoms with van der Waals surface area (Å²) in [4.78, 5) is 0.669. The maximum atomic E-state index is 13.8. The third kappa shape index (κ3) is 3.69. The summed E-state index contributed by atoms with van der Waals surface area (Å²) < 4.78 is 13.8. The third-order valence-corrected chi connectivity index (χ3v) is 4.03. The molecule has 2 N–H and O–H groups in total. The number of hydrogen-bond acceptors (Lipinski definition) is 3. The number of aliphatic hydroxyl groups is 1. The zero-order valence-corrected chi connectivity index (χ0v) is 10.8. The molecule has 0 saturated heterocycles. The highest BCUT2D eigenvalue weighted by Gasteiger charge is 2.21. The average Bonchev–Trinajstić information content (AvgIpc) is 3.13. The Balaban J connectivity index is 2.08. The first-order valence-corrected chi connectivity index (χ1v) is 6.87. The molecule has 1 saturated carbocycles. The summed E-state index contributed by atoms with van der Waals surface area (Å²) in [5.41, 5.74) is 0.988. The molecule has 1 fully saturated rings. The van der Waals surface area contributed by atoms with Crippen LogP contribution < -0.4 is 5.32 Å². The molecule has 1 aliphatic carbocycles. The van der Waals surface area contributed by atoms with Gasteiger partial charge in [-0.05, 0) is 24.5 Å². The lowest BCUT2D eigenvalue weighted by Gasteiger charge is -2.14. The highest BCUT2D eigenvalue weighted by atomic mass is 32.2. The Labute approximate surface area is 106 Å². The molecule has 2 rings (SSSR count). The van der Waals surface area contributed by atoms with Gasteiger partial charge < -0.3 is 10.4 Å². The van der Waals surface area contributed by atoms with Crippen molar-refractivity contribution in [3.63, 3.8) is 0 Å². The standard InChI is InChI=1S/C13H18FNOS/c1-9(8-16)17-13-10(3-2-4-12(13)14)7-15-11-5-6-11/h2-4,9,11,15-16H,5-8H2,1H3. The molecule has 1 aromatic carbocycles. The van der Waals surface area contributed by atoms with Crippen LogP contribution in [0.1, 0.15) is 25.3 Å². The highest BCUT2D eigenvalue weighted by Crippen LogP contribution is 2.30. The Morgan fingerprint density at radius 1 is 1.53 bits per heavy atom. The monoisotopic (exact) mass is 255 g/mol. The number of benzene rings is 1. The van der Waals surface area contributed by atoms with Gasteiger partial charge in [0.15, 0.2) is 0 Å². The SMILES string of the molecule is CC(CO)Sc1c(F)cccc1CNC1CC1. The number of rotatable bonds is 6. The fourth-order valence-corrected chi connectivity index (χ4v) is 2.55. The Bertz CT molecular complexity index is 382. The second-order valence-corrected chi connectivity index (χ2v) is 5.94. The van der Waals surface area contributed by atoms with Crippen LogP contribution in [0.5, 0.6) is 0 Å². The van der Waals surface area contributed by atoms with E-state index in [-0.39, 0.29) is 17.7 Å². The molecule has 94 valence electrons. The molecular weight excluding hydrogens is 237 g/mol. The molecule has 0 bridgehead atoms. The summed E-state index contributed by atoms with van der Waals surface area (Å²) in [6.45, 7) is 2.67. The van der Waals surface area contributed by atoms with Crippen LogP contribution in [-0.2, 0) is 6.54 Å². The second-order valence-electron chi connectivity index (χ2n) is 4.49. The fraction of sp³-hybridized carbons (Fsp3) is 0.538. The minimum absolute atomic E-state index is 0.0200. The number of hydrogen-bond donors (Lipinski definition) is 2. The van der Waals surface area contributed by atoms with Crippen LogP contribution in [0.25, 0.3) is 0 Å². The molecule has 0 heterocycles. The van der Waals surface area contributed by atoms with Crippen LogP contribution in [0.15, 0.2) is 23.1 Å². The molecule has 0 radical (unpaired) electrons. The normalized spacial score (nSPS) is 17.1. The summed E-state index contributed by atoms with van der Waals surface area (Å²) in [7, 11) is 0. The van der Waals surface area contributed by atoms with Gasteiger partial charge in [0.2, 0.25) is 0 Å². The van der Waals surface area contributed by atoms with Gasteiger partial charge in [0.05, 0.1) is 6.61 Å². The van der Waals surface area contributed by atoms with Crippen LogP contribution in [0.4, 0.5) is 4.39 Å². The highest BCUT2D eigenvalue weighted by molar-refractivity contribution is 8.00. The second kappa shape index (κ2) is 5.85. The molecule has 0 aromatic heterocycles. The summed E-state index contributed by atoms with van der Waals surface area (Å²) in [6.07, 6.45) is 2.45. The largest absolute Gasteiger partial charge is 0.395 e. The lowest BCUT2D eigenvalue weighted by molar-refractivity contribution is 0.300. The van der Waals surface area contributed by atoms with Gasteiger partial charge in [-0.2, -0.15) is 0 Å². The van der Waals surface area contributed by atoms with Crippen molar-refractivity contribution in [2.24, 2.45) is 0 Å². The Hall–Kier alpha value is -0.580. The van der Waals surface area contributed by atoms with E-state index in [0.717, 1.165) is 5.56 Å². The molecule has 0 spiro atoms. The molecule has 17 heavy (non-hydrogen) atoms. The molecule has 0 amide bonds. The van der Waals surface area contributed by atoms with Crippen LogP contribution in [0, 0.1) is 5.82 Å². The van der Waals surface area contributed by atoms with E-state index in [1.54, 1.807) is 6.07 Å². The summed E-state index contributed by atoms with van der Waals surface area (Å²) in [6, 6.07) is 5.79. The van der Waals surface area contributed by atoms with Crippen molar-refractivity contribution in [2.75, 3.05) is 6.61 Å². The quantitative estimate of drug-likeness (QED) is 0.766. The van der Waals surface area contributed by atoms with Crippen LogP contribution >= 0.6 is 11.8 Å². The minimum atomic E-state index is -0.189. The molecule has 2 nitrogen and oxygen atoms in total. The Kier molecular flexibility index (Phi) is 4.42. The molecule has 4 heteroatoms. The van der Waals surface area contributed by atoms with E-state index in [9.17, 15) is 4.39 Å². The van der Waals surface area contributed by atoms with Gasteiger partial charge in [-0.25, -0.2) is 4.39 Å². The van der Waals surface area contributed by atoms with Crippen molar-refractivity contribution in [3.05, 3.63) is 29.6 Å². The maximum Gasteiger partial charge on any atom is 0.137 e. The van der Waals surface area contributed by atoms with Crippen molar-refractivity contribution in [1.82, 2.24) is 5.32 Å². The Morgan fingerprint density at radius 2 is 2.29 bits per heavy atom. The molecule has 0 aliphatic heterocycles. The first-order chi connectivity index (χ1) is 8.20. The molecule has 1 aliphatic rings. The first kappa shape index (κ1) is 12.9. The van der Waals surface area contributed by atoms with Gasteiger partial charge in [-0.3, -0.25) is 0 Å². The average molecular weight is 255 g/mol. The van der Waals surface area contributed by atoms with Crippen LogP contribution in [0.3, 0.4) is 0 Å². The third-order valence-electron chi connectivity index (χ3n) is 2.78. The number of thioether (sulfide) groups is 1. The number of halogens is 1. The van der Waals surface area contributed by atoms with E-state index in [2.05, 4.69) is 5.32 Å². The lowest BCUT2D eigenvalue weighted by atomic mass is 10.2. The van der Waals surface area contributed by atoms with E-state index in [0.29, 0.717) is 17.5 Å². The summed E-state index contributed by atoms with van der Waals surface area (Å²) >= 11 is 1.40. The van der Waals surface area contributed by atoms with Crippen LogP contribution in [0.2, 0.25) is 0 Å². The minimum Gasteiger partial charge on any atom is -0.395 e. The van der Waals surface area contributed by atoms with Gasteiger partial charge >= 0.3 is 0 Å². The number of aliphatic hydroxyl groups excluding tert-OH is 1. The van der Waals surface area contributed by atoms with Gasteiger partial charge in [0.25, 0.3) is 0 Å². The van der Waals surface area contributed by atoms with Gasteiger partial charge in [0, 0.05) is 22.7 Å². The van der Waals surface area contributed by atoms with E-state index in [1.165, 1.54) is 30.7 Å². The predicted octanol–water partition coefficient (Wildman–Crippen LogP) is 2.55. The van der Waals surface area contributed by atoms with Crippen molar-refractivity contribution in [3.8, 4) is 0 Å². The Morgan fingerprint density at radius 3 is 2.94 bits per heavy atom. The van der Waals surface area contributed by atoms with Crippen molar-refractivity contribution in [2.45, 2.75) is 42.5 Å². The van der Waals surface area contributed by atoms with Gasteiger partial charge in [-0.15, -0.1) is 11.8 Å². The molecular formula is C13H18FNOS. The topological polar surface area (TPSA) is 32.3 Å². The van der Waals surface area contributed by atoms with Crippen molar-refractivity contribution < 1.29 is 9.50 Å². The zero-order valence-electron chi connectivity index (χ0n) is 9.95. The molecule has 1 unspecified atom stereocenters. The summed E-state index contributed by atoms with van der Waals surface area (Å²) in [5, 5.41) is 12.5. The van der Waals surface area contributed by atoms with E-state index < -0.39 is 0 Å². The number of nitrogens with one attached hydrogen (secondary N) is 1. The smallest absolute Gasteiger partial charge is 0.137 e. The van der Waals surface area contributed by atoms with Gasteiger partial charge in [-0.1, -0.05) is 19.1 Å².